The molecule has 0 aliphatic carbocycles. The highest BCUT2D eigenvalue weighted by atomic mass is 16.5. The zero-order valence-electron chi connectivity index (χ0n) is 22.7. The summed E-state index contributed by atoms with van der Waals surface area (Å²) in [6, 6.07) is 24.6. The van der Waals surface area contributed by atoms with Crippen LogP contribution in [0, 0.1) is 26.0 Å². The van der Waals surface area contributed by atoms with Gasteiger partial charge in [-0.25, -0.2) is 23.6 Å². The summed E-state index contributed by atoms with van der Waals surface area (Å²) in [5.41, 5.74) is 6.53. The SMILES string of the molecule is [C-]#[N+]c1ccc(Cn2nc3c(OC[C@@H]4CCNC4)cc(-c4ccc([N+]#[C-])cc4)c(-c4ccc(C)cc4)n3c2=O)cc1. The number of nitrogens with one attached hydrogen (secondary N) is 1. The first kappa shape index (κ1) is 26.1. The Hall–Kier alpha value is -5.18. The topological polar surface area (TPSA) is 69.3 Å². The highest BCUT2D eigenvalue weighted by molar-refractivity contribution is 5.85. The standard InChI is InChI=1S/C33H28N6O2/c1-22-4-8-26(9-5-22)31-29(25-10-14-28(35-3)15-11-25)18-30(41-21-24-16-17-36-19-24)32-37-38(33(40)39(31)32)20-23-6-12-27(34-2)13-7-23/h4-15,18,24,36H,16-17,19-21H2,1H3/t24-/m1/s1. The first-order chi connectivity index (χ1) is 20.0. The summed E-state index contributed by atoms with van der Waals surface area (Å²) >= 11 is 0. The number of nitrogens with zero attached hydrogens (tertiary/aromatic N) is 5. The van der Waals surface area contributed by atoms with Crippen LogP contribution in [0.1, 0.15) is 17.5 Å². The van der Waals surface area contributed by atoms with Gasteiger partial charge >= 0.3 is 5.69 Å². The van der Waals surface area contributed by atoms with Crippen molar-refractivity contribution in [3.8, 4) is 28.1 Å². The van der Waals surface area contributed by atoms with Gasteiger partial charge in [-0.15, -0.1) is 5.10 Å². The number of rotatable bonds is 7. The van der Waals surface area contributed by atoms with Crippen LogP contribution in [0.3, 0.4) is 0 Å². The largest absolute Gasteiger partial charge is 0.489 e. The third-order valence-corrected chi connectivity index (χ3v) is 7.48. The number of hydrogen-bond acceptors (Lipinski definition) is 4. The van der Waals surface area contributed by atoms with Crippen LogP contribution in [0.4, 0.5) is 11.4 Å². The molecule has 3 heterocycles. The maximum Gasteiger partial charge on any atom is 0.351 e. The van der Waals surface area contributed by atoms with Gasteiger partial charge in [0, 0.05) is 18.0 Å². The van der Waals surface area contributed by atoms with Crippen molar-refractivity contribution in [1.29, 1.82) is 0 Å². The number of aromatic nitrogens is 3. The summed E-state index contributed by atoms with van der Waals surface area (Å²) < 4.78 is 9.52. The molecular weight excluding hydrogens is 512 g/mol. The maximum absolute atomic E-state index is 14.1. The molecule has 1 aliphatic heterocycles. The van der Waals surface area contributed by atoms with Crippen LogP contribution in [-0.2, 0) is 6.54 Å². The highest BCUT2D eigenvalue weighted by Gasteiger charge is 2.23. The predicted molar refractivity (Wildman–Crippen MR) is 160 cm³/mol. The van der Waals surface area contributed by atoms with Crippen molar-refractivity contribution in [2.24, 2.45) is 5.92 Å². The summed E-state index contributed by atoms with van der Waals surface area (Å²) in [5, 5.41) is 8.17. The van der Waals surface area contributed by atoms with E-state index in [-0.39, 0.29) is 12.2 Å². The molecule has 202 valence electrons. The Labute approximate surface area is 238 Å². The van der Waals surface area contributed by atoms with Gasteiger partial charge in [-0.1, -0.05) is 78.4 Å². The maximum atomic E-state index is 14.1. The Morgan fingerprint density at radius 2 is 1.61 bits per heavy atom. The van der Waals surface area contributed by atoms with Crippen molar-refractivity contribution in [2.45, 2.75) is 19.9 Å². The van der Waals surface area contributed by atoms with Crippen molar-refractivity contribution >= 4 is 17.0 Å². The quantitative estimate of drug-likeness (QED) is 0.247. The van der Waals surface area contributed by atoms with Crippen molar-refractivity contribution in [1.82, 2.24) is 19.5 Å². The monoisotopic (exact) mass is 540 g/mol. The van der Waals surface area contributed by atoms with Crippen molar-refractivity contribution in [3.05, 3.63) is 123 Å². The van der Waals surface area contributed by atoms with Gasteiger partial charge in [0.05, 0.1) is 32.0 Å². The van der Waals surface area contributed by atoms with E-state index < -0.39 is 0 Å². The minimum absolute atomic E-state index is 0.257. The molecule has 0 spiro atoms. The molecule has 0 radical (unpaired) electrons. The van der Waals surface area contributed by atoms with Gasteiger partial charge in [0.15, 0.2) is 17.1 Å². The minimum Gasteiger partial charge on any atom is -0.489 e. The molecule has 8 nitrogen and oxygen atoms in total. The molecule has 1 atom stereocenters. The van der Waals surface area contributed by atoms with Crippen LogP contribution in [0.15, 0.2) is 83.7 Å². The molecule has 1 fully saturated rings. The van der Waals surface area contributed by atoms with Crippen LogP contribution in [0.25, 0.3) is 37.7 Å². The van der Waals surface area contributed by atoms with Crippen molar-refractivity contribution < 1.29 is 4.74 Å². The van der Waals surface area contributed by atoms with E-state index in [4.69, 9.17) is 23.0 Å². The molecule has 0 amide bonds. The lowest BCUT2D eigenvalue weighted by atomic mass is 9.98. The van der Waals surface area contributed by atoms with Gasteiger partial charge in [-0.2, -0.15) is 0 Å². The number of benzene rings is 3. The van der Waals surface area contributed by atoms with Crippen LogP contribution < -0.4 is 15.7 Å². The highest BCUT2D eigenvalue weighted by Crippen LogP contribution is 2.37. The number of ether oxygens (including phenoxy) is 1. The molecule has 8 heteroatoms. The van der Waals surface area contributed by atoms with Crippen molar-refractivity contribution in [3.63, 3.8) is 0 Å². The van der Waals surface area contributed by atoms with E-state index in [1.807, 2.05) is 61.5 Å². The Balaban J connectivity index is 1.57. The molecule has 1 N–H and O–H groups in total. The molecule has 6 rings (SSSR count). The van der Waals surface area contributed by atoms with E-state index in [0.717, 1.165) is 47.3 Å². The molecule has 0 unspecified atom stereocenters. The predicted octanol–water partition coefficient (Wildman–Crippen LogP) is 6.28. The Morgan fingerprint density at radius 3 is 2.24 bits per heavy atom. The van der Waals surface area contributed by atoms with E-state index in [2.05, 4.69) is 15.0 Å². The fourth-order valence-corrected chi connectivity index (χ4v) is 5.21. The van der Waals surface area contributed by atoms with Crippen molar-refractivity contribution in [2.75, 3.05) is 19.7 Å². The molecule has 0 saturated carbocycles. The van der Waals surface area contributed by atoms with Gasteiger partial charge in [-0.05, 0) is 42.6 Å². The number of fused-ring (bicyclic) bond motifs is 1. The lowest BCUT2D eigenvalue weighted by Crippen LogP contribution is -2.23. The smallest absolute Gasteiger partial charge is 0.351 e. The van der Waals surface area contributed by atoms with Crippen LogP contribution >= 0.6 is 0 Å². The summed E-state index contributed by atoms with van der Waals surface area (Å²) in [7, 11) is 0. The zero-order chi connectivity index (χ0) is 28.3. The summed E-state index contributed by atoms with van der Waals surface area (Å²) in [6.07, 6.45) is 1.03. The van der Waals surface area contributed by atoms with Gasteiger partial charge in [0.2, 0.25) is 5.65 Å². The van der Waals surface area contributed by atoms with Gasteiger partial charge in [-0.3, -0.25) is 0 Å². The second-order valence-corrected chi connectivity index (χ2v) is 10.3. The zero-order valence-corrected chi connectivity index (χ0v) is 22.7. The Bertz CT molecular complexity index is 1850. The fraction of sp³-hybridized carbons (Fsp3) is 0.212. The van der Waals surface area contributed by atoms with E-state index in [9.17, 15) is 4.79 Å². The molecule has 0 bridgehead atoms. The van der Waals surface area contributed by atoms with E-state index in [1.54, 1.807) is 28.7 Å². The van der Waals surface area contributed by atoms with Crippen LogP contribution in [0.5, 0.6) is 5.75 Å². The number of hydrogen-bond donors (Lipinski definition) is 1. The molecule has 2 aromatic heterocycles. The van der Waals surface area contributed by atoms with Gasteiger partial charge in [0.25, 0.3) is 0 Å². The summed E-state index contributed by atoms with van der Waals surface area (Å²) in [5.74, 6) is 0.916. The third-order valence-electron chi connectivity index (χ3n) is 7.48. The molecule has 5 aromatic rings. The van der Waals surface area contributed by atoms with E-state index in [1.165, 1.54) is 4.68 Å². The number of aryl methyl sites for hydroxylation is 1. The molecule has 1 saturated heterocycles. The van der Waals surface area contributed by atoms with Crippen LogP contribution in [0.2, 0.25) is 0 Å². The average molecular weight is 541 g/mol. The van der Waals surface area contributed by atoms with Gasteiger partial charge < -0.3 is 10.1 Å². The summed E-state index contributed by atoms with van der Waals surface area (Å²) in [6.45, 7) is 19.3. The van der Waals surface area contributed by atoms with Crippen LogP contribution in [-0.4, -0.2) is 33.9 Å². The minimum atomic E-state index is -0.281. The Morgan fingerprint density at radius 1 is 0.951 bits per heavy atom. The second-order valence-electron chi connectivity index (χ2n) is 10.3. The molecular formula is C33H28N6O2. The third kappa shape index (κ3) is 5.21. The first-order valence-corrected chi connectivity index (χ1v) is 13.6. The second kappa shape index (κ2) is 11.1. The normalized spacial score (nSPS) is 14.6. The van der Waals surface area contributed by atoms with Gasteiger partial charge in [0.1, 0.15) is 0 Å². The average Bonchev–Trinajstić information content (AvgIpc) is 3.65. The lowest BCUT2D eigenvalue weighted by Gasteiger charge is -2.17. The lowest BCUT2D eigenvalue weighted by molar-refractivity contribution is 0.261. The van der Waals surface area contributed by atoms with E-state index >= 15 is 0 Å². The summed E-state index contributed by atoms with van der Waals surface area (Å²) in [4.78, 5) is 21.1. The molecule has 1 aliphatic rings. The Kier molecular flexibility index (Phi) is 7.08. The fourth-order valence-electron chi connectivity index (χ4n) is 5.21. The van der Waals surface area contributed by atoms with E-state index in [0.29, 0.717) is 41.0 Å². The number of pyridine rings is 1. The molecule has 41 heavy (non-hydrogen) atoms. The first-order valence-electron chi connectivity index (χ1n) is 13.6. The molecule has 3 aromatic carbocycles.